The number of likely N-dealkylation sites (tertiary alicyclic amines) is 1. The minimum atomic E-state index is -0.117. The number of thiophene rings is 2. The number of amides is 1. The number of carbonyl (C=O) groups is 1. The molecule has 0 spiro atoms. The zero-order valence-corrected chi connectivity index (χ0v) is 19.7. The molecule has 1 unspecified atom stereocenters. The van der Waals surface area contributed by atoms with Crippen molar-refractivity contribution in [2.24, 2.45) is 5.92 Å². The highest BCUT2D eigenvalue weighted by Crippen LogP contribution is 2.34. The maximum Gasteiger partial charge on any atom is 0.260 e. The second kappa shape index (κ2) is 9.09. The van der Waals surface area contributed by atoms with E-state index in [2.05, 4.69) is 15.2 Å². The Kier molecular flexibility index (Phi) is 6.01. The SMILES string of the molecule is CC(c1nc2scc(-c3cccs3)c2c(=O)[nH]1)N1CCC(C(=O)Nc2ccccc2O)CC1. The van der Waals surface area contributed by atoms with E-state index < -0.39 is 0 Å². The molecule has 4 heterocycles. The monoisotopic (exact) mass is 480 g/mol. The summed E-state index contributed by atoms with van der Waals surface area (Å²) in [7, 11) is 0. The highest BCUT2D eigenvalue weighted by Gasteiger charge is 2.29. The predicted molar refractivity (Wildman–Crippen MR) is 133 cm³/mol. The molecule has 9 heteroatoms. The quantitative estimate of drug-likeness (QED) is 0.356. The number of para-hydroxylation sites is 2. The van der Waals surface area contributed by atoms with Gasteiger partial charge in [0.1, 0.15) is 16.4 Å². The van der Waals surface area contributed by atoms with E-state index in [9.17, 15) is 14.7 Å². The number of fused-ring (bicyclic) bond motifs is 1. The Morgan fingerprint density at radius 3 is 2.73 bits per heavy atom. The van der Waals surface area contributed by atoms with Gasteiger partial charge >= 0.3 is 0 Å². The van der Waals surface area contributed by atoms with Gasteiger partial charge in [0.15, 0.2) is 0 Å². The Morgan fingerprint density at radius 1 is 1.21 bits per heavy atom. The van der Waals surface area contributed by atoms with Gasteiger partial charge in [-0.15, -0.1) is 22.7 Å². The van der Waals surface area contributed by atoms with Gasteiger partial charge < -0.3 is 15.4 Å². The summed E-state index contributed by atoms with van der Waals surface area (Å²) < 4.78 is 0. The molecule has 1 saturated heterocycles. The molecule has 1 amide bonds. The first-order valence-corrected chi connectivity index (χ1v) is 12.7. The summed E-state index contributed by atoms with van der Waals surface area (Å²) in [5.74, 6) is 0.534. The molecule has 0 radical (unpaired) electrons. The van der Waals surface area contributed by atoms with Crippen molar-refractivity contribution >= 4 is 44.5 Å². The summed E-state index contributed by atoms with van der Waals surface area (Å²) in [6.45, 7) is 3.50. The number of hydrogen-bond acceptors (Lipinski definition) is 7. The van der Waals surface area contributed by atoms with Crippen molar-refractivity contribution in [1.29, 1.82) is 0 Å². The maximum atomic E-state index is 12.9. The number of carbonyl (C=O) groups excluding carboxylic acids is 1. The minimum absolute atomic E-state index is 0.0587. The number of piperidine rings is 1. The lowest BCUT2D eigenvalue weighted by atomic mass is 9.94. The molecule has 1 aliphatic heterocycles. The van der Waals surface area contributed by atoms with Gasteiger partial charge in [-0.3, -0.25) is 14.5 Å². The minimum Gasteiger partial charge on any atom is -0.506 e. The molecule has 7 nitrogen and oxygen atoms in total. The van der Waals surface area contributed by atoms with E-state index in [1.54, 1.807) is 35.6 Å². The van der Waals surface area contributed by atoms with E-state index in [-0.39, 0.29) is 29.2 Å². The molecule has 170 valence electrons. The lowest BCUT2D eigenvalue weighted by Gasteiger charge is -2.35. The molecule has 0 aliphatic carbocycles. The van der Waals surface area contributed by atoms with Crippen molar-refractivity contribution in [3.63, 3.8) is 0 Å². The number of aromatic hydroxyl groups is 1. The van der Waals surface area contributed by atoms with Crippen molar-refractivity contribution < 1.29 is 9.90 Å². The largest absolute Gasteiger partial charge is 0.506 e. The number of phenolic OH excluding ortho intramolecular Hbond substituents is 1. The van der Waals surface area contributed by atoms with E-state index in [1.165, 1.54) is 11.3 Å². The molecule has 3 N–H and O–H groups in total. The third kappa shape index (κ3) is 4.31. The molecule has 4 aromatic rings. The zero-order valence-electron chi connectivity index (χ0n) is 18.1. The number of hydrogen-bond donors (Lipinski definition) is 3. The topological polar surface area (TPSA) is 98.3 Å². The van der Waals surface area contributed by atoms with Crippen molar-refractivity contribution in [2.75, 3.05) is 18.4 Å². The standard InChI is InChI=1S/C24H24N4O3S2/c1-14(21-26-23(31)20-16(13-33-24(20)27-21)19-7-4-12-32-19)28-10-8-15(9-11-28)22(30)25-17-5-2-3-6-18(17)29/h2-7,12-15,29H,8-11H2,1H3,(H,25,30)(H,26,27,31). The van der Waals surface area contributed by atoms with Crippen LogP contribution in [0.25, 0.3) is 20.7 Å². The third-order valence-corrected chi connectivity index (χ3v) is 8.03. The molecule has 1 atom stereocenters. The lowest BCUT2D eigenvalue weighted by Crippen LogP contribution is -2.40. The number of rotatable bonds is 5. The van der Waals surface area contributed by atoms with Crippen LogP contribution in [0.2, 0.25) is 0 Å². The van der Waals surface area contributed by atoms with Gasteiger partial charge in [-0.25, -0.2) is 4.98 Å². The normalized spacial score (nSPS) is 16.2. The van der Waals surface area contributed by atoms with Crippen LogP contribution in [0.5, 0.6) is 5.75 Å². The average Bonchev–Trinajstić information content (AvgIpc) is 3.50. The number of nitrogens with one attached hydrogen (secondary N) is 2. The first-order chi connectivity index (χ1) is 16.0. The second-order valence-electron chi connectivity index (χ2n) is 8.25. The highest BCUT2D eigenvalue weighted by atomic mass is 32.1. The Hall–Kier alpha value is -3.01. The average molecular weight is 481 g/mol. The van der Waals surface area contributed by atoms with E-state index >= 15 is 0 Å². The molecule has 0 saturated carbocycles. The summed E-state index contributed by atoms with van der Waals surface area (Å²) in [6.07, 6.45) is 1.41. The number of aromatic amines is 1. The number of aromatic nitrogens is 2. The third-order valence-electron chi connectivity index (χ3n) is 6.25. The van der Waals surface area contributed by atoms with Gasteiger partial charge in [-0.1, -0.05) is 18.2 Å². The van der Waals surface area contributed by atoms with Crippen LogP contribution in [0.4, 0.5) is 5.69 Å². The lowest BCUT2D eigenvalue weighted by molar-refractivity contribution is -0.121. The Balaban J connectivity index is 1.27. The van der Waals surface area contributed by atoms with Crippen molar-refractivity contribution in [1.82, 2.24) is 14.9 Å². The predicted octanol–water partition coefficient (Wildman–Crippen LogP) is 4.83. The van der Waals surface area contributed by atoms with E-state index in [4.69, 9.17) is 4.98 Å². The first kappa shape index (κ1) is 21.8. The highest BCUT2D eigenvalue weighted by molar-refractivity contribution is 7.18. The number of benzene rings is 1. The zero-order chi connectivity index (χ0) is 22.9. The summed E-state index contributed by atoms with van der Waals surface area (Å²) >= 11 is 3.11. The maximum absolute atomic E-state index is 12.9. The fraction of sp³-hybridized carbons (Fsp3) is 0.292. The molecular formula is C24H24N4O3S2. The summed E-state index contributed by atoms with van der Waals surface area (Å²) in [5.41, 5.74) is 1.27. The van der Waals surface area contributed by atoms with Gasteiger partial charge in [0.25, 0.3) is 5.56 Å². The molecule has 33 heavy (non-hydrogen) atoms. The van der Waals surface area contributed by atoms with Crippen LogP contribution >= 0.6 is 22.7 Å². The number of H-pyrrole nitrogens is 1. The number of phenols is 1. The van der Waals surface area contributed by atoms with Crippen molar-refractivity contribution in [2.45, 2.75) is 25.8 Å². The molecule has 1 aromatic carbocycles. The van der Waals surface area contributed by atoms with Crippen LogP contribution in [0.1, 0.15) is 31.6 Å². The first-order valence-electron chi connectivity index (χ1n) is 10.9. The van der Waals surface area contributed by atoms with Gasteiger partial charge in [0.05, 0.1) is 17.1 Å². The van der Waals surface area contributed by atoms with E-state index in [1.807, 2.05) is 29.8 Å². The van der Waals surface area contributed by atoms with Gasteiger partial charge in [0.2, 0.25) is 5.91 Å². The van der Waals surface area contributed by atoms with Gasteiger partial charge in [0, 0.05) is 21.7 Å². The number of anilines is 1. The fourth-order valence-electron chi connectivity index (χ4n) is 4.31. The van der Waals surface area contributed by atoms with Gasteiger partial charge in [-0.05, 0) is 56.4 Å². The van der Waals surface area contributed by atoms with Crippen molar-refractivity contribution in [3.05, 3.63) is 63.3 Å². The van der Waals surface area contributed by atoms with E-state index in [0.717, 1.165) is 28.4 Å². The van der Waals surface area contributed by atoms with Crippen LogP contribution in [0, 0.1) is 5.92 Å². The molecule has 5 rings (SSSR count). The molecule has 1 fully saturated rings. The summed E-state index contributed by atoms with van der Waals surface area (Å²) in [4.78, 5) is 37.4. The summed E-state index contributed by atoms with van der Waals surface area (Å²) in [6, 6.07) is 10.7. The van der Waals surface area contributed by atoms with Crippen LogP contribution in [-0.2, 0) is 4.79 Å². The Bertz CT molecular complexity index is 1340. The fourth-order valence-corrected chi connectivity index (χ4v) is 6.08. The second-order valence-corrected chi connectivity index (χ2v) is 10.1. The van der Waals surface area contributed by atoms with E-state index in [0.29, 0.717) is 29.7 Å². The Morgan fingerprint density at radius 2 is 2.00 bits per heavy atom. The van der Waals surface area contributed by atoms with Crippen LogP contribution < -0.4 is 10.9 Å². The van der Waals surface area contributed by atoms with Crippen LogP contribution in [0.3, 0.4) is 0 Å². The molecule has 3 aromatic heterocycles. The van der Waals surface area contributed by atoms with Crippen LogP contribution in [0.15, 0.2) is 52.0 Å². The van der Waals surface area contributed by atoms with Gasteiger partial charge in [-0.2, -0.15) is 0 Å². The molecular weight excluding hydrogens is 456 g/mol. The Labute approximate surface area is 198 Å². The number of nitrogens with zero attached hydrogens (tertiary/aromatic N) is 2. The smallest absolute Gasteiger partial charge is 0.260 e. The van der Waals surface area contributed by atoms with Crippen LogP contribution in [-0.4, -0.2) is 39.0 Å². The molecule has 1 aliphatic rings. The van der Waals surface area contributed by atoms with Crippen molar-refractivity contribution in [3.8, 4) is 16.2 Å². The summed E-state index contributed by atoms with van der Waals surface area (Å²) in [5, 5.41) is 17.4. The molecule has 0 bridgehead atoms.